The quantitative estimate of drug-likeness (QED) is 0.130. The van der Waals surface area contributed by atoms with Crippen LogP contribution < -0.4 is 24.6 Å². The van der Waals surface area contributed by atoms with Gasteiger partial charge in [-0.15, -0.1) is 11.8 Å². The highest BCUT2D eigenvalue weighted by Crippen LogP contribution is 2.68. The van der Waals surface area contributed by atoms with Crippen LogP contribution in [0.3, 0.4) is 0 Å². The van der Waals surface area contributed by atoms with Crippen LogP contribution in [0.1, 0.15) is 64.3 Å². The van der Waals surface area contributed by atoms with Gasteiger partial charge in [-0.05, 0) is 111 Å². The Bertz CT molecular complexity index is 2270. The molecule has 3 heterocycles. The number of aromatic amines is 1. The first kappa shape index (κ1) is 37.5. The van der Waals surface area contributed by atoms with Crippen molar-refractivity contribution in [3.8, 4) is 11.5 Å². The Balaban J connectivity index is 1.03. The van der Waals surface area contributed by atoms with Crippen molar-refractivity contribution in [2.24, 2.45) is 29.6 Å². The lowest BCUT2D eigenvalue weighted by atomic mass is 9.68. The molecule has 1 aromatic heterocycles. The molecular formula is C41H39N3O10S2. The third kappa shape index (κ3) is 6.55. The molecule has 2 N–H and O–H groups in total. The van der Waals surface area contributed by atoms with Crippen molar-refractivity contribution < 1.29 is 42.9 Å². The number of H-pyrrole nitrogens is 1. The van der Waals surface area contributed by atoms with Gasteiger partial charge in [-0.2, -0.15) is 0 Å². The molecule has 3 fully saturated rings. The van der Waals surface area contributed by atoms with Crippen LogP contribution in [-0.2, 0) is 23.9 Å². The summed E-state index contributed by atoms with van der Waals surface area (Å²) < 4.78 is 22.1. The molecule has 15 heteroatoms. The molecule has 13 nitrogen and oxygen atoms in total. The van der Waals surface area contributed by atoms with E-state index in [4.69, 9.17) is 18.9 Å². The number of nitrogens with one attached hydrogen (secondary N) is 2. The summed E-state index contributed by atoms with van der Waals surface area (Å²) in [5.74, 6) is -2.47. The number of fused-ring (bicyclic) bond motifs is 9. The van der Waals surface area contributed by atoms with Gasteiger partial charge in [0, 0.05) is 21.7 Å². The van der Waals surface area contributed by atoms with E-state index in [0.29, 0.717) is 40.6 Å². The molecule has 2 aliphatic heterocycles. The number of carbonyl (C=O) groups excluding carboxylic acids is 5. The van der Waals surface area contributed by atoms with E-state index in [0.717, 1.165) is 33.2 Å². The van der Waals surface area contributed by atoms with Crippen molar-refractivity contribution in [1.82, 2.24) is 4.98 Å². The number of benzene rings is 3. The molecular weight excluding hydrogens is 759 g/mol. The Morgan fingerprint density at radius 1 is 0.786 bits per heavy atom. The van der Waals surface area contributed by atoms with Crippen LogP contribution >= 0.6 is 23.1 Å². The number of thiazole rings is 1. The molecule has 0 radical (unpaired) electrons. The maximum Gasteiger partial charge on any atom is 0.338 e. The predicted octanol–water partition coefficient (Wildman–Crippen LogP) is 5.88. The number of thioether (sulfide) groups is 1. The molecule has 3 aromatic carbocycles. The Morgan fingerprint density at radius 2 is 1.43 bits per heavy atom. The van der Waals surface area contributed by atoms with Gasteiger partial charge in [0.25, 0.3) is 5.91 Å². The molecule has 290 valence electrons. The minimum Gasteiger partial charge on any atom is -0.490 e. The fourth-order valence-electron chi connectivity index (χ4n) is 8.96. The van der Waals surface area contributed by atoms with Crippen LogP contribution in [0.2, 0.25) is 0 Å². The lowest BCUT2D eigenvalue weighted by Crippen LogP contribution is -2.42. The molecule has 4 aliphatic rings. The van der Waals surface area contributed by atoms with E-state index in [9.17, 15) is 28.8 Å². The van der Waals surface area contributed by atoms with E-state index in [1.54, 1.807) is 80.2 Å². The zero-order valence-corrected chi connectivity index (χ0v) is 32.4. The smallest absolute Gasteiger partial charge is 0.338 e. The standard InChI is InChI=1S/C41H39N3O10S2/c1-4-51-28-17-22(11-16-27(28)54-19-29(45)42-23-12-7-20(8-13-23)39(48)52-5-2)30-31-25-18-26(34(31)55-36-35(30)56-41(50)43-36)33-32(25)37(46)44(38(33)47)24-14-9-21(10-15-24)40(49)53-6-3/h7-17,25-26,30-34H,4-6,18-19H2,1-3H3,(H,42,45)(H,43,50)/t25-,26-,30+,31-,32+,33+,34-/m1/s1. The number of anilines is 2. The second-order valence-electron chi connectivity index (χ2n) is 14.0. The number of hydrogen-bond donors (Lipinski definition) is 2. The van der Waals surface area contributed by atoms with E-state index in [2.05, 4.69) is 10.3 Å². The molecule has 7 atom stereocenters. The number of ether oxygens (including phenoxy) is 4. The van der Waals surface area contributed by atoms with E-state index in [1.165, 1.54) is 4.90 Å². The van der Waals surface area contributed by atoms with Crippen LogP contribution in [0.15, 0.2) is 76.6 Å². The van der Waals surface area contributed by atoms with Gasteiger partial charge in [0.1, 0.15) is 0 Å². The SMILES string of the molecule is CCOC(=O)c1ccc(NC(=O)COc2ccc([C@@H]3c4sc(=O)[nH]c4S[C@@H]4[C@@H]5C[C@@H]([C@@H]6C(=O)N(c7ccc(C(=O)OCC)cc7)C(=O)[C@@H]56)[C@H]34)cc2OCC)cc1. The first-order valence-electron chi connectivity index (χ1n) is 18.6. The lowest BCUT2D eigenvalue weighted by molar-refractivity contribution is -0.123. The third-order valence-electron chi connectivity index (χ3n) is 11.0. The highest BCUT2D eigenvalue weighted by molar-refractivity contribution is 8.00. The molecule has 1 saturated heterocycles. The number of amides is 3. The monoisotopic (exact) mass is 797 g/mol. The van der Waals surface area contributed by atoms with E-state index >= 15 is 0 Å². The normalized spacial score (nSPS) is 24.3. The summed E-state index contributed by atoms with van der Waals surface area (Å²) in [6, 6.07) is 18.3. The van der Waals surface area contributed by atoms with Gasteiger partial charge >= 0.3 is 16.8 Å². The largest absolute Gasteiger partial charge is 0.490 e. The predicted molar refractivity (Wildman–Crippen MR) is 208 cm³/mol. The molecule has 0 unspecified atom stereocenters. The zero-order chi connectivity index (χ0) is 39.2. The Morgan fingerprint density at radius 3 is 2.07 bits per heavy atom. The molecule has 2 saturated carbocycles. The summed E-state index contributed by atoms with van der Waals surface area (Å²) in [5, 5.41) is 3.53. The van der Waals surface area contributed by atoms with Crippen molar-refractivity contribution in [3.63, 3.8) is 0 Å². The topological polar surface area (TPSA) is 170 Å². The molecule has 2 aliphatic carbocycles. The first-order chi connectivity index (χ1) is 27.1. The van der Waals surface area contributed by atoms with E-state index in [-0.39, 0.29) is 65.4 Å². The van der Waals surface area contributed by atoms with Crippen LogP contribution in [0.5, 0.6) is 11.5 Å². The van der Waals surface area contributed by atoms with Crippen molar-refractivity contribution >= 4 is 64.1 Å². The average molecular weight is 798 g/mol. The summed E-state index contributed by atoms with van der Waals surface area (Å²) in [6.45, 7) is 5.82. The number of rotatable bonds is 12. The summed E-state index contributed by atoms with van der Waals surface area (Å²) in [4.78, 5) is 83.2. The van der Waals surface area contributed by atoms with Gasteiger partial charge in [0.2, 0.25) is 11.8 Å². The summed E-state index contributed by atoms with van der Waals surface area (Å²) in [6.07, 6.45) is 0.723. The van der Waals surface area contributed by atoms with Gasteiger partial charge in [0.05, 0.1) is 53.5 Å². The lowest BCUT2D eigenvalue weighted by Gasteiger charge is -2.43. The number of nitrogens with zero attached hydrogens (tertiary/aromatic N) is 1. The summed E-state index contributed by atoms with van der Waals surface area (Å²) in [5.41, 5.74) is 2.51. The molecule has 0 spiro atoms. The van der Waals surface area contributed by atoms with Crippen LogP contribution in [0.4, 0.5) is 11.4 Å². The summed E-state index contributed by atoms with van der Waals surface area (Å²) in [7, 11) is 0. The van der Waals surface area contributed by atoms with Gasteiger partial charge in [-0.3, -0.25) is 24.1 Å². The molecule has 2 bridgehead atoms. The number of hydrogen-bond acceptors (Lipinski definition) is 12. The fraction of sp³-hybridized carbons (Fsp3) is 0.366. The Hall–Kier alpha value is -5.41. The van der Waals surface area contributed by atoms with Gasteiger partial charge < -0.3 is 29.2 Å². The van der Waals surface area contributed by atoms with Crippen molar-refractivity contribution in [2.45, 2.75) is 43.4 Å². The van der Waals surface area contributed by atoms with E-state index < -0.39 is 29.7 Å². The number of aromatic nitrogens is 1. The van der Waals surface area contributed by atoms with Crippen molar-refractivity contribution in [1.29, 1.82) is 0 Å². The third-order valence-corrected chi connectivity index (χ3v) is 13.6. The van der Waals surface area contributed by atoms with Gasteiger partial charge in [-0.1, -0.05) is 17.4 Å². The highest BCUT2D eigenvalue weighted by Gasteiger charge is 2.69. The van der Waals surface area contributed by atoms with Crippen LogP contribution in [0, 0.1) is 29.6 Å². The maximum atomic E-state index is 14.2. The maximum absolute atomic E-state index is 14.2. The molecule has 4 aromatic rings. The number of imide groups is 1. The number of carbonyl (C=O) groups is 5. The molecule has 8 rings (SSSR count). The fourth-order valence-corrected chi connectivity index (χ4v) is 11.8. The second kappa shape index (κ2) is 15.3. The average Bonchev–Trinajstić information content (AvgIpc) is 3.93. The molecule has 3 amide bonds. The van der Waals surface area contributed by atoms with Crippen molar-refractivity contribution in [3.05, 3.63) is 98.0 Å². The second-order valence-corrected chi connectivity index (χ2v) is 16.2. The van der Waals surface area contributed by atoms with Crippen molar-refractivity contribution in [2.75, 3.05) is 36.6 Å². The van der Waals surface area contributed by atoms with Crippen LogP contribution in [0.25, 0.3) is 0 Å². The molecule has 56 heavy (non-hydrogen) atoms. The Labute approximate surface area is 330 Å². The van der Waals surface area contributed by atoms with Gasteiger partial charge in [-0.25, -0.2) is 9.59 Å². The zero-order valence-electron chi connectivity index (χ0n) is 30.8. The summed E-state index contributed by atoms with van der Waals surface area (Å²) >= 11 is 2.76. The highest BCUT2D eigenvalue weighted by atomic mass is 32.2. The Kier molecular flexibility index (Phi) is 10.2. The minimum atomic E-state index is -0.507. The minimum absolute atomic E-state index is 0.0200. The number of esters is 2. The van der Waals surface area contributed by atoms with Gasteiger partial charge in [0.15, 0.2) is 18.1 Å². The first-order valence-corrected chi connectivity index (χ1v) is 20.3. The van der Waals surface area contributed by atoms with E-state index in [1.807, 2.05) is 19.1 Å². The van der Waals surface area contributed by atoms with Crippen LogP contribution in [-0.4, -0.2) is 66.3 Å².